The lowest BCUT2D eigenvalue weighted by atomic mass is 9.95. The van der Waals surface area contributed by atoms with E-state index in [-0.39, 0.29) is 4.90 Å². The van der Waals surface area contributed by atoms with Crippen molar-refractivity contribution in [2.45, 2.75) is 31.1 Å². The molecular formula is C15H18N2O2S. The Morgan fingerprint density at radius 3 is 2.80 bits per heavy atom. The second-order valence-electron chi connectivity index (χ2n) is 5.09. The van der Waals surface area contributed by atoms with Crippen LogP contribution in [-0.4, -0.2) is 15.0 Å². The molecule has 0 fully saturated rings. The van der Waals surface area contributed by atoms with Crippen LogP contribution in [0.2, 0.25) is 0 Å². The van der Waals surface area contributed by atoms with Crippen molar-refractivity contribution >= 4 is 10.0 Å². The van der Waals surface area contributed by atoms with E-state index in [1.54, 1.807) is 19.1 Å². The van der Waals surface area contributed by atoms with Gasteiger partial charge in [-0.15, -0.1) is 0 Å². The smallest absolute Gasteiger partial charge is 0.211 e. The highest BCUT2D eigenvalue weighted by atomic mass is 32.2. The Morgan fingerprint density at radius 2 is 2.20 bits per heavy atom. The molecule has 1 atom stereocenters. The van der Waals surface area contributed by atoms with Crippen LogP contribution in [0.25, 0.3) is 0 Å². The van der Waals surface area contributed by atoms with Gasteiger partial charge in [0.15, 0.2) is 0 Å². The number of rotatable bonds is 4. The summed E-state index contributed by atoms with van der Waals surface area (Å²) in [5, 5.41) is 8.86. The third kappa shape index (κ3) is 3.47. The van der Waals surface area contributed by atoms with Crippen LogP contribution in [0.4, 0.5) is 0 Å². The van der Waals surface area contributed by atoms with Gasteiger partial charge in [-0.25, -0.2) is 13.1 Å². The van der Waals surface area contributed by atoms with Crippen molar-refractivity contribution in [3.63, 3.8) is 0 Å². The van der Waals surface area contributed by atoms with E-state index in [0.717, 1.165) is 19.3 Å². The molecule has 0 aromatic heterocycles. The third-order valence-electron chi connectivity index (χ3n) is 3.57. The van der Waals surface area contributed by atoms with Crippen LogP contribution >= 0.6 is 0 Å². The van der Waals surface area contributed by atoms with Gasteiger partial charge >= 0.3 is 0 Å². The lowest BCUT2D eigenvalue weighted by Gasteiger charge is -2.18. The lowest BCUT2D eigenvalue weighted by molar-refractivity contribution is 0.468. The first kappa shape index (κ1) is 14.8. The van der Waals surface area contributed by atoms with Gasteiger partial charge in [0, 0.05) is 6.54 Å². The molecule has 0 amide bonds. The molecule has 0 saturated heterocycles. The second-order valence-corrected chi connectivity index (χ2v) is 6.86. The zero-order chi connectivity index (χ0) is 14.6. The van der Waals surface area contributed by atoms with Gasteiger partial charge in [-0.05, 0) is 55.9 Å². The predicted octanol–water partition coefficient (Wildman–Crippen LogP) is 2.50. The van der Waals surface area contributed by atoms with Crippen LogP contribution in [0, 0.1) is 24.2 Å². The van der Waals surface area contributed by atoms with E-state index < -0.39 is 10.0 Å². The Labute approximate surface area is 120 Å². The molecule has 1 aromatic carbocycles. The van der Waals surface area contributed by atoms with Crippen LogP contribution in [0.1, 0.15) is 30.4 Å². The molecule has 1 aliphatic rings. The summed E-state index contributed by atoms with van der Waals surface area (Å²) in [6, 6.07) is 6.61. The van der Waals surface area contributed by atoms with Crippen molar-refractivity contribution in [2.75, 3.05) is 6.54 Å². The number of hydrogen-bond acceptors (Lipinski definition) is 3. The Bertz CT molecular complexity index is 657. The van der Waals surface area contributed by atoms with Gasteiger partial charge in [-0.1, -0.05) is 12.2 Å². The van der Waals surface area contributed by atoms with Gasteiger partial charge in [0.2, 0.25) is 10.0 Å². The van der Waals surface area contributed by atoms with Gasteiger partial charge in [0.05, 0.1) is 16.5 Å². The molecule has 0 heterocycles. The van der Waals surface area contributed by atoms with Crippen molar-refractivity contribution in [3.05, 3.63) is 41.5 Å². The number of allylic oxidation sites excluding steroid dienone is 2. The molecule has 4 nitrogen and oxygen atoms in total. The predicted molar refractivity (Wildman–Crippen MR) is 77.6 cm³/mol. The standard InChI is InChI=1S/C15H18N2O2S/c1-12-9-15(8-7-14(12)10-16)20(18,19)17-11-13-5-3-2-4-6-13/h2-3,7-9,13,17H,4-6,11H2,1H3. The summed E-state index contributed by atoms with van der Waals surface area (Å²) >= 11 is 0. The third-order valence-corrected chi connectivity index (χ3v) is 4.99. The molecule has 5 heteroatoms. The second kappa shape index (κ2) is 6.21. The lowest BCUT2D eigenvalue weighted by Crippen LogP contribution is -2.29. The Kier molecular flexibility index (Phi) is 4.58. The summed E-state index contributed by atoms with van der Waals surface area (Å²) < 4.78 is 27.1. The number of benzene rings is 1. The molecular weight excluding hydrogens is 272 g/mol. The highest BCUT2D eigenvalue weighted by Crippen LogP contribution is 2.19. The van der Waals surface area contributed by atoms with E-state index in [1.807, 2.05) is 6.07 Å². The first-order valence-electron chi connectivity index (χ1n) is 6.68. The summed E-state index contributed by atoms with van der Waals surface area (Å²) in [5.74, 6) is 0.370. The number of nitrogens with zero attached hydrogens (tertiary/aromatic N) is 1. The van der Waals surface area contributed by atoms with E-state index in [0.29, 0.717) is 23.6 Å². The fourth-order valence-corrected chi connectivity index (χ4v) is 3.48. The van der Waals surface area contributed by atoms with Crippen LogP contribution in [-0.2, 0) is 10.0 Å². The van der Waals surface area contributed by atoms with E-state index >= 15 is 0 Å². The monoisotopic (exact) mass is 290 g/mol. The molecule has 0 spiro atoms. The van der Waals surface area contributed by atoms with E-state index in [2.05, 4.69) is 16.9 Å². The highest BCUT2D eigenvalue weighted by Gasteiger charge is 2.18. The van der Waals surface area contributed by atoms with Crippen LogP contribution in [0.5, 0.6) is 0 Å². The van der Waals surface area contributed by atoms with Crippen LogP contribution < -0.4 is 4.72 Å². The Morgan fingerprint density at radius 1 is 1.40 bits per heavy atom. The summed E-state index contributed by atoms with van der Waals surface area (Å²) in [6.45, 7) is 2.20. The summed E-state index contributed by atoms with van der Waals surface area (Å²) in [5.41, 5.74) is 1.18. The largest absolute Gasteiger partial charge is 0.240 e. The molecule has 1 aromatic rings. The molecule has 1 unspecified atom stereocenters. The minimum Gasteiger partial charge on any atom is -0.211 e. The fraction of sp³-hybridized carbons (Fsp3) is 0.400. The minimum atomic E-state index is -3.49. The van der Waals surface area contributed by atoms with Gasteiger partial charge in [-0.3, -0.25) is 0 Å². The van der Waals surface area contributed by atoms with Gasteiger partial charge in [-0.2, -0.15) is 5.26 Å². The van der Waals surface area contributed by atoms with E-state index in [1.165, 1.54) is 6.07 Å². The number of sulfonamides is 1. The molecule has 1 aliphatic carbocycles. The maximum Gasteiger partial charge on any atom is 0.240 e. The maximum absolute atomic E-state index is 12.2. The van der Waals surface area contributed by atoms with Crippen molar-refractivity contribution in [3.8, 4) is 6.07 Å². The molecule has 2 rings (SSSR count). The van der Waals surface area contributed by atoms with Gasteiger partial charge in [0.25, 0.3) is 0 Å². The minimum absolute atomic E-state index is 0.223. The first-order valence-corrected chi connectivity index (χ1v) is 8.16. The Balaban J connectivity index is 2.08. The van der Waals surface area contributed by atoms with Gasteiger partial charge < -0.3 is 0 Å². The highest BCUT2D eigenvalue weighted by molar-refractivity contribution is 7.89. The first-order chi connectivity index (χ1) is 9.53. The topological polar surface area (TPSA) is 70.0 Å². The maximum atomic E-state index is 12.2. The number of hydrogen-bond donors (Lipinski definition) is 1. The summed E-state index contributed by atoms with van der Waals surface area (Å²) in [6.07, 6.45) is 7.20. The average molecular weight is 290 g/mol. The quantitative estimate of drug-likeness (QED) is 0.866. The zero-order valence-corrected chi connectivity index (χ0v) is 12.3. The summed E-state index contributed by atoms with van der Waals surface area (Å²) in [4.78, 5) is 0.223. The molecule has 0 radical (unpaired) electrons. The SMILES string of the molecule is Cc1cc(S(=O)(=O)NCC2CC=CCC2)ccc1C#N. The zero-order valence-electron chi connectivity index (χ0n) is 11.5. The molecule has 0 bridgehead atoms. The van der Waals surface area contributed by atoms with Crippen molar-refractivity contribution in [1.82, 2.24) is 4.72 Å². The number of nitriles is 1. The number of nitrogens with one attached hydrogen (secondary N) is 1. The normalized spacial score (nSPS) is 18.7. The molecule has 0 saturated carbocycles. The van der Waals surface area contributed by atoms with Crippen molar-refractivity contribution in [2.24, 2.45) is 5.92 Å². The molecule has 20 heavy (non-hydrogen) atoms. The van der Waals surface area contributed by atoms with Crippen molar-refractivity contribution < 1.29 is 8.42 Å². The number of aryl methyl sites for hydroxylation is 1. The molecule has 0 aliphatic heterocycles. The van der Waals surface area contributed by atoms with E-state index in [9.17, 15) is 8.42 Å². The summed E-state index contributed by atoms with van der Waals surface area (Å²) in [7, 11) is -3.49. The van der Waals surface area contributed by atoms with Crippen LogP contribution in [0.15, 0.2) is 35.2 Å². The molecule has 1 N–H and O–H groups in total. The van der Waals surface area contributed by atoms with Crippen molar-refractivity contribution in [1.29, 1.82) is 5.26 Å². The molecule has 106 valence electrons. The fourth-order valence-electron chi connectivity index (χ4n) is 2.28. The average Bonchev–Trinajstić information content (AvgIpc) is 2.46. The van der Waals surface area contributed by atoms with Gasteiger partial charge in [0.1, 0.15) is 0 Å². The Hall–Kier alpha value is -1.64. The van der Waals surface area contributed by atoms with E-state index in [4.69, 9.17) is 5.26 Å². The van der Waals surface area contributed by atoms with Crippen LogP contribution in [0.3, 0.4) is 0 Å².